The average Bonchev–Trinajstić information content (AvgIpc) is 2.96. The van der Waals surface area contributed by atoms with Crippen LogP contribution >= 0.6 is 11.3 Å². The topological polar surface area (TPSA) is 29.5 Å². The number of aliphatic hydroxyl groups is 1. The lowest BCUT2D eigenvalue weighted by Gasteiger charge is -2.23. The number of aryl methyl sites for hydroxylation is 1. The highest BCUT2D eigenvalue weighted by Gasteiger charge is 2.21. The molecule has 1 heterocycles. The number of ether oxygens (including phenoxy) is 1. The molecule has 0 fully saturated rings. The maximum absolute atomic E-state index is 10.4. The van der Waals surface area contributed by atoms with Gasteiger partial charge in [0, 0.05) is 6.61 Å². The van der Waals surface area contributed by atoms with E-state index in [4.69, 9.17) is 4.74 Å². The molecule has 0 aliphatic rings. The molecule has 2 atom stereocenters. The van der Waals surface area contributed by atoms with Crippen molar-refractivity contribution in [1.29, 1.82) is 0 Å². The van der Waals surface area contributed by atoms with Crippen molar-refractivity contribution in [2.45, 2.75) is 32.0 Å². The van der Waals surface area contributed by atoms with Crippen LogP contribution in [0.5, 0.6) is 0 Å². The summed E-state index contributed by atoms with van der Waals surface area (Å²) in [6.07, 6.45) is 0.907. The van der Waals surface area contributed by atoms with E-state index < -0.39 is 6.10 Å². The van der Waals surface area contributed by atoms with Crippen LogP contribution in [0.15, 0.2) is 47.2 Å². The fraction of sp³-hybridized carbons (Fsp3) is 0.375. The van der Waals surface area contributed by atoms with Gasteiger partial charge in [0.05, 0.1) is 6.10 Å². The van der Waals surface area contributed by atoms with Crippen molar-refractivity contribution >= 4 is 11.3 Å². The highest BCUT2D eigenvalue weighted by atomic mass is 32.1. The quantitative estimate of drug-likeness (QED) is 0.833. The summed E-state index contributed by atoms with van der Waals surface area (Å²) in [7, 11) is 0. The zero-order chi connectivity index (χ0) is 13.5. The van der Waals surface area contributed by atoms with Gasteiger partial charge < -0.3 is 9.84 Å². The van der Waals surface area contributed by atoms with Gasteiger partial charge in [0.15, 0.2) is 0 Å². The molecule has 0 aliphatic heterocycles. The first-order valence-electron chi connectivity index (χ1n) is 6.67. The first-order chi connectivity index (χ1) is 9.31. The Morgan fingerprint density at radius 2 is 2.00 bits per heavy atom. The average molecular weight is 276 g/mol. The van der Waals surface area contributed by atoms with Crippen LogP contribution in [0.1, 0.15) is 30.6 Å². The number of thiophene rings is 1. The van der Waals surface area contributed by atoms with Crippen molar-refractivity contribution in [2.75, 3.05) is 6.61 Å². The van der Waals surface area contributed by atoms with E-state index in [0.717, 1.165) is 18.4 Å². The predicted octanol–water partition coefficient (Wildman–Crippen LogP) is 3.82. The molecule has 0 saturated carbocycles. The summed E-state index contributed by atoms with van der Waals surface area (Å²) < 4.78 is 5.71. The lowest BCUT2D eigenvalue weighted by molar-refractivity contribution is -0.0375. The summed E-state index contributed by atoms with van der Waals surface area (Å²) in [5, 5.41) is 14.6. The molecule has 2 aromatic rings. The standard InChI is InChI=1S/C16H20O2S/c1-2-18-16(14-6-4-3-5-7-14)15(17)9-8-13-10-11-19-12-13/h3-7,10-12,15-17H,2,8-9H2,1H3. The van der Waals surface area contributed by atoms with Gasteiger partial charge in [-0.1, -0.05) is 30.3 Å². The van der Waals surface area contributed by atoms with Crippen molar-refractivity contribution in [1.82, 2.24) is 0 Å². The number of hydrogen-bond acceptors (Lipinski definition) is 3. The normalized spacial score (nSPS) is 14.2. The third-order valence-corrected chi connectivity index (χ3v) is 3.86. The van der Waals surface area contributed by atoms with Gasteiger partial charge >= 0.3 is 0 Å². The van der Waals surface area contributed by atoms with Crippen molar-refractivity contribution in [3.8, 4) is 0 Å². The van der Waals surface area contributed by atoms with Crippen molar-refractivity contribution < 1.29 is 9.84 Å². The molecule has 2 rings (SSSR count). The van der Waals surface area contributed by atoms with Crippen LogP contribution in [-0.2, 0) is 11.2 Å². The van der Waals surface area contributed by atoms with Crippen LogP contribution in [0.25, 0.3) is 0 Å². The summed E-state index contributed by atoms with van der Waals surface area (Å²) >= 11 is 1.69. The molecule has 1 aromatic heterocycles. The largest absolute Gasteiger partial charge is 0.390 e. The number of rotatable bonds is 7. The van der Waals surface area contributed by atoms with Gasteiger partial charge in [0.25, 0.3) is 0 Å². The zero-order valence-electron chi connectivity index (χ0n) is 11.2. The van der Waals surface area contributed by atoms with E-state index >= 15 is 0 Å². The summed E-state index contributed by atoms with van der Waals surface area (Å²) in [5.74, 6) is 0. The fourth-order valence-electron chi connectivity index (χ4n) is 2.15. The molecular formula is C16H20O2S. The van der Waals surface area contributed by atoms with E-state index in [1.54, 1.807) is 11.3 Å². The Bertz CT molecular complexity index is 453. The van der Waals surface area contributed by atoms with E-state index in [-0.39, 0.29) is 6.10 Å². The minimum atomic E-state index is -0.470. The SMILES string of the molecule is CCOC(c1ccccc1)C(O)CCc1ccsc1. The van der Waals surface area contributed by atoms with Gasteiger partial charge in [-0.15, -0.1) is 0 Å². The molecule has 3 heteroatoms. The summed E-state index contributed by atoms with van der Waals surface area (Å²) in [6, 6.07) is 12.1. The van der Waals surface area contributed by atoms with Crippen molar-refractivity contribution in [3.63, 3.8) is 0 Å². The minimum absolute atomic E-state index is 0.232. The smallest absolute Gasteiger partial charge is 0.108 e. The summed E-state index contributed by atoms with van der Waals surface area (Å²) in [6.45, 7) is 2.57. The molecule has 0 aliphatic carbocycles. The van der Waals surface area contributed by atoms with Crippen LogP contribution in [0.4, 0.5) is 0 Å². The predicted molar refractivity (Wildman–Crippen MR) is 79.5 cm³/mol. The minimum Gasteiger partial charge on any atom is -0.390 e. The maximum Gasteiger partial charge on any atom is 0.108 e. The lowest BCUT2D eigenvalue weighted by Crippen LogP contribution is -2.22. The van der Waals surface area contributed by atoms with Crippen LogP contribution < -0.4 is 0 Å². The van der Waals surface area contributed by atoms with E-state index in [0.29, 0.717) is 6.61 Å². The molecule has 19 heavy (non-hydrogen) atoms. The third kappa shape index (κ3) is 4.16. The Labute approximate surface area is 118 Å². The van der Waals surface area contributed by atoms with Crippen LogP contribution in [-0.4, -0.2) is 17.8 Å². The van der Waals surface area contributed by atoms with Crippen molar-refractivity contribution in [2.24, 2.45) is 0 Å². The number of aliphatic hydroxyl groups excluding tert-OH is 1. The van der Waals surface area contributed by atoms with E-state index in [9.17, 15) is 5.11 Å². The molecule has 0 radical (unpaired) electrons. The van der Waals surface area contributed by atoms with Crippen molar-refractivity contribution in [3.05, 3.63) is 58.3 Å². The van der Waals surface area contributed by atoms with E-state index in [2.05, 4.69) is 16.8 Å². The lowest BCUT2D eigenvalue weighted by atomic mass is 9.99. The first-order valence-corrected chi connectivity index (χ1v) is 7.61. The Kier molecular flexibility index (Phi) is 5.58. The number of benzene rings is 1. The fourth-order valence-corrected chi connectivity index (χ4v) is 2.86. The number of hydrogen-bond donors (Lipinski definition) is 1. The molecule has 0 spiro atoms. The molecule has 0 saturated heterocycles. The maximum atomic E-state index is 10.4. The third-order valence-electron chi connectivity index (χ3n) is 3.13. The highest BCUT2D eigenvalue weighted by molar-refractivity contribution is 7.07. The van der Waals surface area contributed by atoms with Gasteiger partial charge in [0.1, 0.15) is 6.10 Å². The monoisotopic (exact) mass is 276 g/mol. The van der Waals surface area contributed by atoms with Gasteiger partial charge in [-0.2, -0.15) is 11.3 Å². The molecule has 2 unspecified atom stereocenters. The second-order valence-electron chi connectivity index (χ2n) is 4.52. The highest BCUT2D eigenvalue weighted by Crippen LogP contribution is 2.24. The summed E-state index contributed by atoms with van der Waals surface area (Å²) in [5.41, 5.74) is 2.33. The van der Waals surface area contributed by atoms with Crippen LogP contribution in [0, 0.1) is 0 Å². The summed E-state index contributed by atoms with van der Waals surface area (Å²) in [4.78, 5) is 0. The van der Waals surface area contributed by atoms with Gasteiger partial charge in [-0.3, -0.25) is 0 Å². The zero-order valence-corrected chi connectivity index (χ0v) is 12.0. The second-order valence-corrected chi connectivity index (χ2v) is 5.30. The molecule has 2 nitrogen and oxygen atoms in total. The molecule has 0 bridgehead atoms. The molecule has 102 valence electrons. The molecular weight excluding hydrogens is 256 g/mol. The molecule has 1 aromatic carbocycles. The van der Waals surface area contributed by atoms with E-state index in [1.165, 1.54) is 5.56 Å². The Morgan fingerprint density at radius 1 is 1.21 bits per heavy atom. The van der Waals surface area contributed by atoms with Gasteiger partial charge in [0.2, 0.25) is 0 Å². The molecule has 0 amide bonds. The Morgan fingerprint density at radius 3 is 2.63 bits per heavy atom. The van der Waals surface area contributed by atoms with Gasteiger partial charge in [-0.25, -0.2) is 0 Å². The first kappa shape index (κ1) is 14.3. The van der Waals surface area contributed by atoms with Crippen LogP contribution in [0.3, 0.4) is 0 Å². The Balaban J connectivity index is 1.98. The molecule has 1 N–H and O–H groups in total. The van der Waals surface area contributed by atoms with Gasteiger partial charge in [-0.05, 0) is 47.7 Å². The second kappa shape index (κ2) is 7.43. The Hall–Kier alpha value is -1.16. The van der Waals surface area contributed by atoms with Crippen LogP contribution in [0.2, 0.25) is 0 Å². The van der Waals surface area contributed by atoms with E-state index in [1.807, 2.05) is 37.3 Å².